The standard InChI is InChI=1S/C13H23NOS/c15-10-13-5-2-6-14(13)8-12(7-13)16-9-11-3-1-4-11/h11-12,15H,1-10H2/t12-,13-/m0/s1. The Morgan fingerprint density at radius 3 is 2.81 bits per heavy atom. The highest BCUT2D eigenvalue weighted by molar-refractivity contribution is 7.99. The van der Waals surface area contributed by atoms with Gasteiger partial charge in [0, 0.05) is 17.3 Å². The summed E-state index contributed by atoms with van der Waals surface area (Å²) in [4.78, 5) is 2.56. The quantitative estimate of drug-likeness (QED) is 0.815. The third-order valence-electron chi connectivity index (χ3n) is 4.86. The summed E-state index contributed by atoms with van der Waals surface area (Å²) < 4.78 is 0. The third-order valence-corrected chi connectivity index (χ3v) is 6.31. The molecule has 2 nitrogen and oxygen atoms in total. The van der Waals surface area contributed by atoms with Gasteiger partial charge < -0.3 is 5.11 Å². The van der Waals surface area contributed by atoms with Crippen LogP contribution in [-0.4, -0.2) is 46.2 Å². The van der Waals surface area contributed by atoms with E-state index in [4.69, 9.17) is 0 Å². The molecule has 0 aromatic heterocycles. The van der Waals surface area contributed by atoms with E-state index in [0.29, 0.717) is 6.61 Å². The van der Waals surface area contributed by atoms with Crippen molar-refractivity contribution in [2.24, 2.45) is 5.92 Å². The van der Waals surface area contributed by atoms with E-state index in [9.17, 15) is 5.11 Å². The molecule has 92 valence electrons. The molecule has 2 atom stereocenters. The average Bonchev–Trinajstić information content (AvgIpc) is 2.71. The zero-order valence-electron chi connectivity index (χ0n) is 10.0. The largest absolute Gasteiger partial charge is 0.394 e. The van der Waals surface area contributed by atoms with Crippen LogP contribution in [0, 0.1) is 5.92 Å². The Labute approximate surface area is 103 Å². The minimum absolute atomic E-state index is 0.192. The number of nitrogens with zero attached hydrogens (tertiary/aromatic N) is 1. The molecule has 0 aromatic carbocycles. The molecule has 0 radical (unpaired) electrons. The van der Waals surface area contributed by atoms with Crippen molar-refractivity contribution in [3.05, 3.63) is 0 Å². The topological polar surface area (TPSA) is 23.5 Å². The molecule has 3 heteroatoms. The van der Waals surface area contributed by atoms with E-state index >= 15 is 0 Å². The van der Waals surface area contributed by atoms with Crippen LogP contribution in [0.5, 0.6) is 0 Å². The van der Waals surface area contributed by atoms with Crippen LogP contribution in [0.25, 0.3) is 0 Å². The summed E-state index contributed by atoms with van der Waals surface area (Å²) in [5.41, 5.74) is 0.192. The number of thioether (sulfide) groups is 1. The van der Waals surface area contributed by atoms with Crippen LogP contribution in [0.1, 0.15) is 38.5 Å². The van der Waals surface area contributed by atoms with Crippen LogP contribution in [0.4, 0.5) is 0 Å². The zero-order valence-corrected chi connectivity index (χ0v) is 10.8. The van der Waals surface area contributed by atoms with Gasteiger partial charge in [-0.05, 0) is 50.3 Å². The number of rotatable bonds is 4. The first-order chi connectivity index (χ1) is 7.82. The fourth-order valence-electron chi connectivity index (χ4n) is 3.53. The van der Waals surface area contributed by atoms with Crippen LogP contribution in [0.2, 0.25) is 0 Å². The van der Waals surface area contributed by atoms with E-state index in [2.05, 4.69) is 16.7 Å². The molecular formula is C13H23NOS. The monoisotopic (exact) mass is 241 g/mol. The minimum atomic E-state index is 0.192. The molecule has 2 saturated heterocycles. The molecule has 2 aliphatic heterocycles. The Kier molecular flexibility index (Phi) is 3.20. The fraction of sp³-hybridized carbons (Fsp3) is 1.00. The van der Waals surface area contributed by atoms with Gasteiger partial charge >= 0.3 is 0 Å². The number of aliphatic hydroxyl groups excluding tert-OH is 1. The molecule has 3 fully saturated rings. The maximum atomic E-state index is 9.63. The van der Waals surface area contributed by atoms with Gasteiger partial charge in [0.2, 0.25) is 0 Å². The molecule has 3 rings (SSSR count). The lowest BCUT2D eigenvalue weighted by molar-refractivity contribution is 0.0999. The third kappa shape index (κ3) is 1.91. The molecule has 1 N–H and O–H groups in total. The van der Waals surface area contributed by atoms with Gasteiger partial charge in [0.25, 0.3) is 0 Å². The molecule has 0 amide bonds. The first-order valence-corrected chi connectivity index (χ1v) is 7.85. The van der Waals surface area contributed by atoms with Crippen LogP contribution in [-0.2, 0) is 0 Å². The van der Waals surface area contributed by atoms with Gasteiger partial charge in [0.1, 0.15) is 0 Å². The summed E-state index contributed by atoms with van der Waals surface area (Å²) >= 11 is 2.19. The smallest absolute Gasteiger partial charge is 0.0615 e. The second-order valence-corrected chi connectivity index (χ2v) is 7.22. The molecule has 0 spiro atoms. The SMILES string of the molecule is OC[C@@]12CCCN1C[C@@H](SCC1CCC1)C2. The fourth-order valence-corrected chi connectivity index (χ4v) is 5.12. The normalized spacial score (nSPS) is 39.9. The highest BCUT2D eigenvalue weighted by Gasteiger charge is 2.47. The van der Waals surface area contributed by atoms with Crippen molar-refractivity contribution >= 4 is 11.8 Å². The first kappa shape index (κ1) is 11.4. The Balaban J connectivity index is 1.51. The van der Waals surface area contributed by atoms with E-state index in [1.54, 1.807) is 0 Å². The van der Waals surface area contributed by atoms with E-state index in [-0.39, 0.29) is 5.54 Å². The van der Waals surface area contributed by atoms with Gasteiger partial charge in [0.15, 0.2) is 0 Å². The minimum Gasteiger partial charge on any atom is -0.394 e. The molecule has 3 aliphatic rings. The second-order valence-electron chi connectivity index (χ2n) is 5.89. The van der Waals surface area contributed by atoms with E-state index in [1.807, 2.05) is 0 Å². The summed E-state index contributed by atoms with van der Waals surface area (Å²) in [5, 5.41) is 10.4. The lowest BCUT2D eigenvalue weighted by Gasteiger charge is -2.29. The summed E-state index contributed by atoms with van der Waals surface area (Å²) in [7, 11) is 0. The number of fused-ring (bicyclic) bond motifs is 1. The molecule has 1 saturated carbocycles. The van der Waals surface area contributed by atoms with E-state index < -0.39 is 0 Å². The van der Waals surface area contributed by atoms with Crippen LogP contribution >= 0.6 is 11.8 Å². The van der Waals surface area contributed by atoms with Crippen molar-refractivity contribution in [2.75, 3.05) is 25.4 Å². The number of hydrogen-bond donors (Lipinski definition) is 1. The van der Waals surface area contributed by atoms with Gasteiger partial charge in [-0.3, -0.25) is 4.90 Å². The molecule has 1 aliphatic carbocycles. The molecule has 16 heavy (non-hydrogen) atoms. The maximum absolute atomic E-state index is 9.63. The van der Waals surface area contributed by atoms with Gasteiger partial charge in [-0.2, -0.15) is 11.8 Å². The predicted molar refractivity (Wildman–Crippen MR) is 68.8 cm³/mol. The van der Waals surface area contributed by atoms with Crippen molar-refractivity contribution in [1.82, 2.24) is 4.90 Å². The summed E-state index contributed by atoms with van der Waals surface area (Å²) in [6.45, 7) is 2.84. The Hall–Kier alpha value is 0.270. The molecule has 0 unspecified atom stereocenters. The van der Waals surface area contributed by atoms with Crippen molar-refractivity contribution in [3.63, 3.8) is 0 Å². The molecule has 0 bridgehead atoms. The predicted octanol–water partition coefficient (Wildman–Crippen LogP) is 2.12. The van der Waals surface area contributed by atoms with Gasteiger partial charge in [0.05, 0.1) is 6.61 Å². The highest BCUT2D eigenvalue weighted by atomic mass is 32.2. The van der Waals surface area contributed by atoms with Gasteiger partial charge in [-0.15, -0.1) is 0 Å². The van der Waals surface area contributed by atoms with E-state index in [1.165, 1.54) is 57.4 Å². The van der Waals surface area contributed by atoms with Crippen LogP contribution in [0.15, 0.2) is 0 Å². The van der Waals surface area contributed by atoms with Crippen molar-refractivity contribution < 1.29 is 5.11 Å². The Bertz CT molecular complexity index is 256. The average molecular weight is 241 g/mol. The van der Waals surface area contributed by atoms with Gasteiger partial charge in [-0.1, -0.05) is 6.42 Å². The molecule has 2 heterocycles. The van der Waals surface area contributed by atoms with Crippen LogP contribution in [0.3, 0.4) is 0 Å². The maximum Gasteiger partial charge on any atom is 0.0615 e. The lowest BCUT2D eigenvalue weighted by atomic mass is 9.87. The first-order valence-electron chi connectivity index (χ1n) is 6.80. The second kappa shape index (κ2) is 4.51. The van der Waals surface area contributed by atoms with Crippen molar-refractivity contribution in [1.29, 1.82) is 0 Å². The number of hydrogen-bond acceptors (Lipinski definition) is 3. The zero-order chi connectivity index (χ0) is 11.0. The summed E-state index contributed by atoms with van der Waals surface area (Å²) in [6, 6.07) is 0. The molecular weight excluding hydrogens is 218 g/mol. The van der Waals surface area contributed by atoms with E-state index in [0.717, 1.165) is 11.2 Å². The highest BCUT2D eigenvalue weighted by Crippen LogP contribution is 2.43. The molecule has 0 aromatic rings. The van der Waals surface area contributed by atoms with Crippen molar-refractivity contribution in [2.45, 2.75) is 49.3 Å². The van der Waals surface area contributed by atoms with Crippen molar-refractivity contribution in [3.8, 4) is 0 Å². The number of aliphatic hydroxyl groups is 1. The lowest BCUT2D eigenvalue weighted by Crippen LogP contribution is -2.41. The Morgan fingerprint density at radius 1 is 1.31 bits per heavy atom. The summed E-state index contributed by atoms with van der Waals surface area (Å²) in [5.74, 6) is 2.39. The summed E-state index contributed by atoms with van der Waals surface area (Å²) in [6.07, 6.45) is 8.15. The Morgan fingerprint density at radius 2 is 2.19 bits per heavy atom. The van der Waals surface area contributed by atoms with Gasteiger partial charge in [-0.25, -0.2) is 0 Å². The van der Waals surface area contributed by atoms with Crippen LogP contribution < -0.4 is 0 Å².